The average molecular weight is 375 g/mol. The molecule has 0 fully saturated rings. The van der Waals surface area contributed by atoms with E-state index in [2.05, 4.69) is 76.1 Å². The van der Waals surface area contributed by atoms with Crippen LogP contribution in [-0.4, -0.2) is 14.4 Å². The van der Waals surface area contributed by atoms with Gasteiger partial charge in [-0.2, -0.15) is 0 Å². The Kier molecular flexibility index (Phi) is 2.63. The largest absolute Gasteiger partial charge is 0.291 e. The summed E-state index contributed by atoms with van der Waals surface area (Å²) in [5, 5.41) is 6.11. The molecule has 0 spiro atoms. The van der Waals surface area contributed by atoms with Crippen molar-refractivity contribution in [1.29, 1.82) is 0 Å². The zero-order chi connectivity index (χ0) is 18.2. The predicted octanol–water partition coefficient (Wildman–Crippen LogP) is 6.56. The highest BCUT2D eigenvalue weighted by atomic mass is 32.1. The Morgan fingerprint density at radius 1 is 0.714 bits per heavy atom. The lowest BCUT2D eigenvalue weighted by molar-refractivity contribution is 1.31. The number of hydrogen-bond donors (Lipinski definition) is 0. The molecule has 3 nitrogen and oxygen atoms in total. The van der Waals surface area contributed by atoms with Crippen LogP contribution in [0.2, 0.25) is 0 Å². The molecule has 0 bridgehead atoms. The molecule has 3 aromatic carbocycles. The van der Waals surface area contributed by atoms with E-state index in [9.17, 15) is 0 Å². The van der Waals surface area contributed by atoms with E-state index in [0.29, 0.717) is 0 Å². The molecule has 28 heavy (non-hydrogen) atoms. The molecule has 4 heterocycles. The van der Waals surface area contributed by atoms with Crippen molar-refractivity contribution in [3.05, 3.63) is 79.1 Å². The summed E-state index contributed by atoms with van der Waals surface area (Å²) in [6.07, 6.45) is 3.82. The van der Waals surface area contributed by atoms with E-state index in [4.69, 9.17) is 4.98 Å². The minimum absolute atomic E-state index is 0.994. The molecule has 7 aromatic rings. The maximum atomic E-state index is 5.00. The van der Waals surface area contributed by atoms with E-state index in [1.165, 1.54) is 31.1 Å². The van der Waals surface area contributed by atoms with Gasteiger partial charge in [-0.05, 0) is 30.3 Å². The smallest absolute Gasteiger partial charge is 0.146 e. The highest BCUT2D eigenvalue weighted by Gasteiger charge is 2.17. The van der Waals surface area contributed by atoms with E-state index in [1.54, 1.807) is 0 Å². The first-order chi connectivity index (χ1) is 13.9. The van der Waals surface area contributed by atoms with Crippen molar-refractivity contribution in [2.24, 2.45) is 0 Å². The van der Waals surface area contributed by atoms with Crippen LogP contribution in [0.3, 0.4) is 0 Å². The van der Waals surface area contributed by atoms with Crippen molar-refractivity contribution in [2.45, 2.75) is 0 Å². The van der Waals surface area contributed by atoms with Gasteiger partial charge in [0.1, 0.15) is 5.65 Å². The van der Waals surface area contributed by atoms with Gasteiger partial charge < -0.3 is 0 Å². The number of benzene rings is 3. The second-order valence-corrected chi connectivity index (χ2v) is 8.20. The Balaban J connectivity index is 1.94. The number of rotatable bonds is 0. The fourth-order valence-corrected chi connectivity index (χ4v) is 5.59. The van der Waals surface area contributed by atoms with Crippen molar-refractivity contribution >= 4 is 69.9 Å². The van der Waals surface area contributed by atoms with Gasteiger partial charge in [-0.1, -0.05) is 36.4 Å². The van der Waals surface area contributed by atoms with E-state index in [-0.39, 0.29) is 0 Å². The maximum absolute atomic E-state index is 5.00. The maximum Gasteiger partial charge on any atom is 0.146 e. The SMILES string of the molecule is c1ccc2c(c1)nc1c3ccncc3c3ccc4sc5ccccc5c4c3n21. The third-order valence-electron chi connectivity index (χ3n) is 5.65. The van der Waals surface area contributed by atoms with Crippen LogP contribution in [0.25, 0.3) is 58.5 Å². The van der Waals surface area contributed by atoms with Crippen LogP contribution in [0.5, 0.6) is 0 Å². The van der Waals surface area contributed by atoms with Gasteiger partial charge in [-0.15, -0.1) is 11.3 Å². The second kappa shape index (κ2) is 5.06. The summed E-state index contributed by atoms with van der Waals surface area (Å²) in [7, 11) is 0. The van der Waals surface area contributed by atoms with Crippen LogP contribution in [-0.2, 0) is 0 Å². The summed E-state index contributed by atoms with van der Waals surface area (Å²) in [5.41, 5.74) is 4.38. The molecule has 0 saturated carbocycles. The molecular formula is C24H13N3S. The second-order valence-electron chi connectivity index (χ2n) is 7.11. The van der Waals surface area contributed by atoms with Crippen LogP contribution in [0.15, 0.2) is 79.1 Å². The van der Waals surface area contributed by atoms with Gasteiger partial charge in [0.05, 0.1) is 16.6 Å². The Morgan fingerprint density at radius 3 is 2.61 bits per heavy atom. The molecule has 0 aliphatic rings. The molecular weight excluding hydrogens is 362 g/mol. The van der Waals surface area contributed by atoms with Gasteiger partial charge in [0.25, 0.3) is 0 Å². The number of thiophene rings is 1. The zero-order valence-electron chi connectivity index (χ0n) is 14.8. The van der Waals surface area contributed by atoms with E-state index in [0.717, 1.165) is 27.5 Å². The third kappa shape index (κ3) is 1.69. The minimum Gasteiger partial charge on any atom is -0.291 e. The molecule has 0 saturated heterocycles. The molecule has 0 amide bonds. The van der Waals surface area contributed by atoms with Crippen molar-refractivity contribution in [1.82, 2.24) is 14.4 Å². The lowest BCUT2D eigenvalue weighted by Gasteiger charge is -2.10. The van der Waals surface area contributed by atoms with Crippen molar-refractivity contribution in [2.75, 3.05) is 0 Å². The molecule has 0 unspecified atom stereocenters. The van der Waals surface area contributed by atoms with Crippen LogP contribution < -0.4 is 0 Å². The minimum atomic E-state index is 0.994. The van der Waals surface area contributed by atoms with E-state index < -0.39 is 0 Å². The first-order valence-corrected chi connectivity index (χ1v) is 10.1. The predicted molar refractivity (Wildman–Crippen MR) is 118 cm³/mol. The topological polar surface area (TPSA) is 30.2 Å². The average Bonchev–Trinajstić information content (AvgIpc) is 3.32. The summed E-state index contributed by atoms with van der Waals surface area (Å²) in [4.78, 5) is 9.42. The Morgan fingerprint density at radius 2 is 1.61 bits per heavy atom. The van der Waals surface area contributed by atoms with Crippen molar-refractivity contribution in [3.63, 3.8) is 0 Å². The zero-order valence-corrected chi connectivity index (χ0v) is 15.6. The fourth-order valence-electron chi connectivity index (χ4n) is 4.49. The first kappa shape index (κ1) is 14.5. The molecule has 4 heteroatoms. The van der Waals surface area contributed by atoms with Crippen LogP contribution >= 0.6 is 11.3 Å². The first-order valence-electron chi connectivity index (χ1n) is 9.27. The molecule has 0 aliphatic carbocycles. The lowest BCUT2D eigenvalue weighted by Crippen LogP contribution is -1.92. The molecule has 7 rings (SSSR count). The molecule has 0 N–H and O–H groups in total. The van der Waals surface area contributed by atoms with Crippen molar-refractivity contribution in [3.8, 4) is 0 Å². The fraction of sp³-hybridized carbons (Fsp3) is 0. The molecule has 4 aromatic heterocycles. The van der Waals surface area contributed by atoms with Crippen LogP contribution in [0.4, 0.5) is 0 Å². The molecule has 0 aliphatic heterocycles. The summed E-state index contributed by atoms with van der Waals surface area (Å²) >= 11 is 1.85. The molecule has 0 radical (unpaired) electrons. The van der Waals surface area contributed by atoms with E-state index in [1.807, 2.05) is 23.7 Å². The molecule has 0 atom stereocenters. The summed E-state index contributed by atoms with van der Waals surface area (Å²) < 4.78 is 4.96. The number of pyridine rings is 2. The van der Waals surface area contributed by atoms with Crippen LogP contribution in [0, 0.1) is 0 Å². The Labute approximate surface area is 163 Å². The summed E-state index contributed by atoms with van der Waals surface area (Å²) in [6, 6.07) is 23.6. The monoisotopic (exact) mass is 375 g/mol. The van der Waals surface area contributed by atoms with Gasteiger partial charge in [-0.3, -0.25) is 9.38 Å². The highest BCUT2D eigenvalue weighted by Crippen LogP contribution is 2.41. The standard InChI is InChI=1S/C24H13N3S/c1-4-8-20-16(5-1)22-21(28-20)10-9-14-17-13-25-12-11-15(17)24-26-18-6-2-3-7-19(18)27(24)23(14)22/h1-13H. The van der Waals surface area contributed by atoms with Gasteiger partial charge in [-0.25, -0.2) is 4.98 Å². The number of imidazole rings is 1. The number of hydrogen-bond acceptors (Lipinski definition) is 3. The number of aromatic nitrogens is 3. The Bertz CT molecular complexity index is 1720. The number of nitrogens with zero attached hydrogens (tertiary/aromatic N) is 3. The normalized spacial score (nSPS) is 12.3. The Hall–Kier alpha value is -3.50. The summed E-state index contributed by atoms with van der Waals surface area (Å²) in [5.74, 6) is 0. The quantitative estimate of drug-likeness (QED) is 0.281. The number of para-hydroxylation sites is 2. The number of fused-ring (bicyclic) bond motifs is 12. The van der Waals surface area contributed by atoms with Gasteiger partial charge in [0.15, 0.2) is 0 Å². The van der Waals surface area contributed by atoms with Crippen molar-refractivity contribution < 1.29 is 0 Å². The van der Waals surface area contributed by atoms with Crippen LogP contribution in [0.1, 0.15) is 0 Å². The van der Waals surface area contributed by atoms with Gasteiger partial charge >= 0.3 is 0 Å². The van der Waals surface area contributed by atoms with Gasteiger partial charge in [0, 0.05) is 48.7 Å². The highest BCUT2D eigenvalue weighted by molar-refractivity contribution is 7.26. The lowest BCUT2D eigenvalue weighted by atomic mass is 10.0. The summed E-state index contributed by atoms with van der Waals surface area (Å²) in [6.45, 7) is 0. The van der Waals surface area contributed by atoms with Gasteiger partial charge in [0.2, 0.25) is 0 Å². The van der Waals surface area contributed by atoms with E-state index >= 15 is 0 Å². The third-order valence-corrected chi connectivity index (χ3v) is 6.79. The molecule has 130 valence electrons.